The zero-order chi connectivity index (χ0) is 14.7. The molecule has 0 fully saturated rings. The normalized spacial score (nSPS) is 12.2. The first kappa shape index (κ1) is 15.9. The first-order valence-electron chi connectivity index (χ1n) is 6.49. The number of nitrogens with one attached hydrogen (secondary N) is 1. The summed E-state index contributed by atoms with van der Waals surface area (Å²) in [6.45, 7) is 4.24. The Morgan fingerprint density at radius 3 is 2.35 bits per heavy atom. The molecular formula is C16H16Br2ClN. The van der Waals surface area contributed by atoms with E-state index in [1.165, 1.54) is 11.1 Å². The lowest BCUT2D eigenvalue weighted by Crippen LogP contribution is -2.10. The largest absolute Gasteiger partial charge is 0.376 e. The zero-order valence-electron chi connectivity index (χ0n) is 11.4. The molecule has 1 atom stereocenters. The molecule has 2 rings (SSSR count). The molecule has 0 heterocycles. The minimum Gasteiger partial charge on any atom is -0.376 e. The van der Waals surface area contributed by atoms with E-state index in [9.17, 15) is 0 Å². The van der Waals surface area contributed by atoms with Gasteiger partial charge in [0.25, 0.3) is 0 Å². The molecule has 106 valence electrons. The highest BCUT2D eigenvalue weighted by Crippen LogP contribution is 2.35. The van der Waals surface area contributed by atoms with Crippen LogP contribution in [-0.2, 0) is 0 Å². The number of aryl methyl sites for hydroxylation is 1. The smallest absolute Gasteiger partial charge is 0.0634 e. The Morgan fingerprint density at radius 2 is 1.80 bits per heavy atom. The average Bonchev–Trinajstić information content (AvgIpc) is 2.38. The van der Waals surface area contributed by atoms with E-state index in [1.807, 2.05) is 18.2 Å². The van der Waals surface area contributed by atoms with Crippen LogP contribution < -0.4 is 5.32 Å². The highest BCUT2D eigenvalue weighted by Gasteiger charge is 2.13. The predicted octanol–water partition coefficient (Wildman–Crippen LogP) is 6.74. The van der Waals surface area contributed by atoms with Crippen LogP contribution in [0.3, 0.4) is 0 Å². The standard InChI is InChI=1S/C16H16Br2ClN/c1-3-15(11-5-4-6-12(19)9-11)20-16-13(17)7-10(2)8-14(16)18/h4-9,15,20H,3H2,1-2H3. The van der Waals surface area contributed by atoms with Crippen LogP contribution in [-0.4, -0.2) is 0 Å². The summed E-state index contributed by atoms with van der Waals surface area (Å²) >= 11 is 13.3. The van der Waals surface area contributed by atoms with E-state index in [0.29, 0.717) is 0 Å². The van der Waals surface area contributed by atoms with E-state index in [4.69, 9.17) is 11.6 Å². The number of rotatable bonds is 4. The van der Waals surface area contributed by atoms with Gasteiger partial charge < -0.3 is 5.32 Å². The molecule has 0 aliphatic heterocycles. The second kappa shape index (κ2) is 6.97. The van der Waals surface area contributed by atoms with Crippen molar-refractivity contribution in [2.75, 3.05) is 5.32 Å². The summed E-state index contributed by atoms with van der Waals surface area (Å²) in [4.78, 5) is 0. The molecule has 1 unspecified atom stereocenters. The molecule has 1 N–H and O–H groups in total. The van der Waals surface area contributed by atoms with E-state index in [0.717, 1.165) is 26.1 Å². The molecule has 0 saturated carbocycles. The molecule has 0 aromatic heterocycles. The van der Waals surface area contributed by atoms with Crippen molar-refractivity contribution in [1.29, 1.82) is 0 Å². The Morgan fingerprint density at radius 1 is 1.15 bits per heavy atom. The zero-order valence-corrected chi connectivity index (χ0v) is 15.3. The molecule has 0 bridgehead atoms. The summed E-state index contributed by atoms with van der Waals surface area (Å²) in [5.41, 5.74) is 3.48. The fourth-order valence-electron chi connectivity index (χ4n) is 2.16. The Bertz CT molecular complexity index is 590. The number of anilines is 1. The fourth-order valence-corrected chi connectivity index (χ4v) is 4.00. The third-order valence-electron chi connectivity index (χ3n) is 3.16. The van der Waals surface area contributed by atoms with Gasteiger partial charge in [-0.1, -0.05) is 30.7 Å². The van der Waals surface area contributed by atoms with Crippen molar-refractivity contribution in [2.45, 2.75) is 26.3 Å². The molecule has 4 heteroatoms. The van der Waals surface area contributed by atoms with Crippen molar-refractivity contribution >= 4 is 49.1 Å². The van der Waals surface area contributed by atoms with Crippen molar-refractivity contribution in [3.63, 3.8) is 0 Å². The molecular weight excluding hydrogens is 401 g/mol. The minimum atomic E-state index is 0.226. The van der Waals surface area contributed by atoms with Crippen molar-refractivity contribution in [1.82, 2.24) is 0 Å². The maximum Gasteiger partial charge on any atom is 0.0634 e. The lowest BCUT2D eigenvalue weighted by molar-refractivity contribution is 0.748. The molecule has 0 aliphatic carbocycles. The van der Waals surface area contributed by atoms with Crippen LogP contribution in [0.4, 0.5) is 5.69 Å². The summed E-state index contributed by atoms with van der Waals surface area (Å²) in [7, 11) is 0. The van der Waals surface area contributed by atoms with E-state index >= 15 is 0 Å². The van der Waals surface area contributed by atoms with Crippen molar-refractivity contribution in [3.05, 3.63) is 61.5 Å². The SMILES string of the molecule is CCC(Nc1c(Br)cc(C)cc1Br)c1cccc(Cl)c1. The number of hydrogen-bond acceptors (Lipinski definition) is 1. The number of halogens is 3. The van der Waals surface area contributed by atoms with Crippen LogP contribution in [0.25, 0.3) is 0 Å². The van der Waals surface area contributed by atoms with Gasteiger partial charge in [0, 0.05) is 14.0 Å². The topological polar surface area (TPSA) is 12.0 Å². The first-order valence-corrected chi connectivity index (χ1v) is 8.45. The first-order chi connectivity index (χ1) is 9.51. The number of benzene rings is 2. The van der Waals surface area contributed by atoms with E-state index in [1.54, 1.807) is 0 Å². The van der Waals surface area contributed by atoms with Gasteiger partial charge in [0.1, 0.15) is 0 Å². The Balaban J connectivity index is 2.32. The van der Waals surface area contributed by atoms with E-state index < -0.39 is 0 Å². The molecule has 2 aromatic carbocycles. The third-order valence-corrected chi connectivity index (χ3v) is 4.65. The maximum atomic E-state index is 6.09. The fraction of sp³-hybridized carbons (Fsp3) is 0.250. The third kappa shape index (κ3) is 3.78. The molecule has 1 nitrogen and oxygen atoms in total. The molecule has 2 aromatic rings. The van der Waals surface area contributed by atoms with Crippen molar-refractivity contribution in [2.24, 2.45) is 0 Å². The molecule has 20 heavy (non-hydrogen) atoms. The van der Waals surface area contributed by atoms with Crippen LogP contribution in [0, 0.1) is 6.92 Å². The predicted molar refractivity (Wildman–Crippen MR) is 94.7 cm³/mol. The lowest BCUT2D eigenvalue weighted by atomic mass is 10.0. The van der Waals surface area contributed by atoms with Gasteiger partial charge in [0.05, 0.1) is 11.7 Å². The summed E-state index contributed by atoms with van der Waals surface area (Å²) < 4.78 is 2.12. The summed E-state index contributed by atoms with van der Waals surface area (Å²) in [6.07, 6.45) is 0.979. The molecule has 0 amide bonds. The second-order valence-corrected chi connectivity index (χ2v) is 6.91. The Kier molecular flexibility index (Phi) is 5.53. The van der Waals surface area contributed by atoms with Crippen molar-refractivity contribution in [3.8, 4) is 0 Å². The quantitative estimate of drug-likeness (QED) is 0.581. The van der Waals surface area contributed by atoms with Crippen LogP contribution in [0.5, 0.6) is 0 Å². The second-order valence-electron chi connectivity index (χ2n) is 4.76. The van der Waals surface area contributed by atoms with Gasteiger partial charge in [-0.25, -0.2) is 0 Å². The Hall–Kier alpha value is -0.510. The summed E-state index contributed by atoms with van der Waals surface area (Å²) in [6, 6.07) is 12.4. The van der Waals surface area contributed by atoms with Gasteiger partial charge in [-0.05, 0) is 80.6 Å². The van der Waals surface area contributed by atoms with Gasteiger partial charge in [-0.3, -0.25) is 0 Å². The van der Waals surface area contributed by atoms with Gasteiger partial charge >= 0.3 is 0 Å². The van der Waals surface area contributed by atoms with Crippen LogP contribution in [0.15, 0.2) is 45.3 Å². The van der Waals surface area contributed by atoms with E-state index in [2.05, 4.69) is 69.2 Å². The molecule has 0 saturated heterocycles. The van der Waals surface area contributed by atoms with Gasteiger partial charge in [-0.2, -0.15) is 0 Å². The summed E-state index contributed by atoms with van der Waals surface area (Å²) in [5.74, 6) is 0. The monoisotopic (exact) mass is 415 g/mol. The molecule has 0 spiro atoms. The van der Waals surface area contributed by atoms with Crippen LogP contribution in [0.2, 0.25) is 5.02 Å². The summed E-state index contributed by atoms with van der Waals surface area (Å²) in [5, 5.41) is 4.35. The number of hydrogen-bond donors (Lipinski definition) is 1. The van der Waals surface area contributed by atoms with E-state index in [-0.39, 0.29) is 6.04 Å². The minimum absolute atomic E-state index is 0.226. The lowest BCUT2D eigenvalue weighted by Gasteiger charge is -2.21. The van der Waals surface area contributed by atoms with Crippen molar-refractivity contribution < 1.29 is 0 Å². The highest BCUT2D eigenvalue weighted by molar-refractivity contribution is 9.11. The highest BCUT2D eigenvalue weighted by atomic mass is 79.9. The Labute approximate surface area is 142 Å². The maximum absolute atomic E-state index is 6.09. The average molecular weight is 418 g/mol. The van der Waals surface area contributed by atoms with Gasteiger partial charge in [-0.15, -0.1) is 0 Å². The van der Waals surface area contributed by atoms with Crippen LogP contribution >= 0.6 is 43.5 Å². The van der Waals surface area contributed by atoms with Crippen LogP contribution in [0.1, 0.15) is 30.5 Å². The molecule has 0 aliphatic rings. The molecule has 0 radical (unpaired) electrons. The van der Waals surface area contributed by atoms with Gasteiger partial charge in [0.15, 0.2) is 0 Å². The van der Waals surface area contributed by atoms with Gasteiger partial charge in [0.2, 0.25) is 0 Å².